The molecule has 3 nitrogen and oxygen atoms in total. The predicted molar refractivity (Wildman–Crippen MR) is 71.7 cm³/mol. The van der Waals surface area contributed by atoms with Gasteiger partial charge in [-0.1, -0.05) is 27.2 Å². The summed E-state index contributed by atoms with van der Waals surface area (Å²) in [7, 11) is 0. The molecular formula is C14H26N2O. The smallest absolute Gasteiger partial charge is 0.117 e. The Morgan fingerprint density at radius 1 is 1.41 bits per heavy atom. The highest BCUT2D eigenvalue weighted by Crippen LogP contribution is 2.11. The van der Waals surface area contributed by atoms with E-state index in [4.69, 9.17) is 10.2 Å². The van der Waals surface area contributed by atoms with Crippen LogP contribution in [0.25, 0.3) is 0 Å². The Labute approximate surface area is 105 Å². The van der Waals surface area contributed by atoms with Crippen molar-refractivity contribution in [3.63, 3.8) is 0 Å². The maximum atomic E-state index is 6.22. The molecule has 1 aromatic heterocycles. The van der Waals surface area contributed by atoms with Gasteiger partial charge in [-0.25, -0.2) is 0 Å². The van der Waals surface area contributed by atoms with E-state index >= 15 is 0 Å². The lowest BCUT2D eigenvalue weighted by molar-refractivity contribution is 0.210. The van der Waals surface area contributed by atoms with Crippen LogP contribution in [0.1, 0.15) is 39.4 Å². The molecule has 1 aromatic rings. The summed E-state index contributed by atoms with van der Waals surface area (Å²) in [5, 5.41) is 0. The van der Waals surface area contributed by atoms with Gasteiger partial charge in [-0.2, -0.15) is 0 Å². The van der Waals surface area contributed by atoms with Crippen LogP contribution in [0.3, 0.4) is 0 Å². The fourth-order valence-corrected chi connectivity index (χ4v) is 1.95. The highest BCUT2D eigenvalue weighted by atomic mass is 16.3. The second-order valence-electron chi connectivity index (χ2n) is 4.86. The molecule has 0 fully saturated rings. The van der Waals surface area contributed by atoms with Crippen molar-refractivity contribution in [1.82, 2.24) is 4.90 Å². The van der Waals surface area contributed by atoms with E-state index in [1.54, 1.807) is 6.26 Å². The molecule has 1 heterocycles. The van der Waals surface area contributed by atoms with Crippen LogP contribution in [-0.2, 0) is 6.54 Å². The van der Waals surface area contributed by atoms with E-state index in [0.717, 1.165) is 38.2 Å². The highest BCUT2D eigenvalue weighted by molar-refractivity contribution is 4.98. The molecule has 2 unspecified atom stereocenters. The minimum atomic E-state index is 0.251. The lowest BCUT2D eigenvalue weighted by Crippen LogP contribution is -2.41. The normalized spacial score (nSPS) is 15.1. The second kappa shape index (κ2) is 7.51. The molecule has 2 N–H and O–H groups in total. The third kappa shape index (κ3) is 4.92. The molecule has 3 heteroatoms. The summed E-state index contributed by atoms with van der Waals surface area (Å²) < 4.78 is 5.40. The number of hydrogen-bond donors (Lipinski definition) is 1. The molecule has 17 heavy (non-hydrogen) atoms. The predicted octanol–water partition coefficient (Wildman–Crippen LogP) is 2.87. The summed E-state index contributed by atoms with van der Waals surface area (Å²) in [6, 6.07) is 4.22. The molecule has 0 amide bonds. The maximum absolute atomic E-state index is 6.22. The van der Waals surface area contributed by atoms with Crippen molar-refractivity contribution in [2.45, 2.75) is 46.2 Å². The van der Waals surface area contributed by atoms with Gasteiger partial charge in [0, 0.05) is 12.6 Å². The van der Waals surface area contributed by atoms with Gasteiger partial charge in [-0.3, -0.25) is 4.90 Å². The first kappa shape index (κ1) is 14.3. The first-order chi connectivity index (χ1) is 8.17. The fourth-order valence-electron chi connectivity index (χ4n) is 1.95. The molecule has 0 saturated heterocycles. The van der Waals surface area contributed by atoms with Gasteiger partial charge >= 0.3 is 0 Å². The molecule has 0 saturated carbocycles. The summed E-state index contributed by atoms with van der Waals surface area (Å²) in [6.07, 6.45) is 4.02. The summed E-state index contributed by atoms with van der Waals surface area (Å²) >= 11 is 0. The molecule has 0 bridgehead atoms. The maximum Gasteiger partial charge on any atom is 0.117 e. The lowest BCUT2D eigenvalue weighted by atomic mass is 9.99. The van der Waals surface area contributed by atoms with Gasteiger partial charge in [0.25, 0.3) is 0 Å². The van der Waals surface area contributed by atoms with E-state index in [9.17, 15) is 0 Å². The molecule has 0 aliphatic rings. The van der Waals surface area contributed by atoms with Crippen molar-refractivity contribution in [1.29, 1.82) is 0 Å². The Hall–Kier alpha value is -0.800. The van der Waals surface area contributed by atoms with Crippen LogP contribution in [0.5, 0.6) is 0 Å². The summed E-state index contributed by atoms with van der Waals surface area (Å²) in [5.74, 6) is 1.60. The largest absolute Gasteiger partial charge is 0.468 e. The Balaban J connectivity index is 2.48. The van der Waals surface area contributed by atoms with E-state index in [1.165, 1.54) is 0 Å². The van der Waals surface area contributed by atoms with Crippen molar-refractivity contribution in [2.75, 3.05) is 13.1 Å². The van der Waals surface area contributed by atoms with Gasteiger partial charge < -0.3 is 10.2 Å². The van der Waals surface area contributed by atoms with Gasteiger partial charge in [0.05, 0.1) is 12.8 Å². The van der Waals surface area contributed by atoms with E-state index < -0.39 is 0 Å². The van der Waals surface area contributed by atoms with Gasteiger partial charge in [0.2, 0.25) is 0 Å². The average molecular weight is 238 g/mol. The van der Waals surface area contributed by atoms with Crippen molar-refractivity contribution >= 4 is 0 Å². The van der Waals surface area contributed by atoms with Crippen LogP contribution in [-0.4, -0.2) is 24.0 Å². The third-order valence-electron chi connectivity index (χ3n) is 3.34. The van der Waals surface area contributed by atoms with E-state index in [0.29, 0.717) is 5.92 Å². The van der Waals surface area contributed by atoms with Crippen molar-refractivity contribution in [3.05, 3.63) is 24.2 Å². The zero-order valence-electron chi connectivity index (χ0n) is 11.4. The Morgan fingerprint density at radius 3 is 2.71 bits per heavy atom. The number of hydrogen-bond acceptors (Lipinski definition) is 3. The first-order valence-corrected chi connectivity index (χ1v) is 6.67. The lowest BCUT2D eigenvalue weighted by Gasteiger charge is -2.27. The van der Waals surface area contributed by atoms with Crippen LogP contribution in [0.15, 0.2) is 22.8 Å². The molecule has 0 aliphatic heterocycles. The van der Waals surface area contributed by atoms with Crippen LogP contribution in [0.4, 0.5) is 0 Å². The molecular weight excluding hydrogens is 212 g/mol. The molecule has 1 rings (SSSR count). The van der Waals surface area contributed by atoms with Gasteiger partial charge in [0.15, 0.2) is 0 Å². The molecule has 0 spiro atoms. The average Bonchev–Trinajstić information content (AvgIpc) is 2.81. The molecule has 98 valence electrons. The van der Waals surface area contributed by atoms with Crippen molar-refractivity contribution in [2.24, 2.45) is 11.7 Å². The van der Waals surface area contributed by atoms with Crippen LogP contribution < -0.4 is 5.73 Å². The van der Waals surface area contributed by atoms with E-state index in [1.807, 2.05) is 12.1 Å². The monoisotopic (exact) mass is 238 g/mol. The summed E-state index contributed by atoms with van der Waals surface area (Å²) in [6.45, 7) is 9.51. The third-order valence-corrected chi connectivity index (χ3v) is 3.34. The van der Waals surface area contributed by atoms with Gasteiger partial charge in [-0.15, -0.1) is 0 Å². The number of rotatable bonds is 8. The number of nitrogens with zero attached hydrogens (tertiary/aromatic N) is 1. The first-order valence-electron chi connectivity index (χ1n) is 6.67. The second-order valence-corrected chi connectivity index (χ2v) is 4.86. The Morgan fingerprint density at radius 2 is 2.18 bits per heavy atom. The molecule has 0 aliphatic carbocycles. The van der Waals surface area contributed by atoms with Crippen molar-refractivity contribution < 1.29 is 4.42 Å². The van der Waals surface area contributed by atoms with Crippen LogP contribution in [0.2, 0.25) is 0 Å². The fraction of sp³-hybridized carbons (Fsp3) is 0.714. The minimum absolute atomic E-state index is 0.251. The number of nitrogens with two attached hydrogens (primary N) is 1. The quantitative estimate of drug-likeness (QED) is 0.757. The summed E-state index contributed by atoms with van der Waals surface area (Å²) in [4.78, 5) is 2.38. The molecule has 0 radical (unpaired) electrons. The van der Waals surface area contributed by atoms with Gasteiger partial charge in [0.1, 0.15) is 5.76 Å². The Kier molecular flexibility index (Phi) is 6.30. The zero-order chi connectivity index (χ0) is 12.7. The standard InChI is InChI=1S/C14H26N2O/c1-4-8-16(10-13-7-6-9-17-13)11-14(15)12(3)5-2/h6-7,9,12,14H,4-5,8,10-11,15H2,1-3H3. The SMILES string of the molecule is CCCN(Cc1ccco1)CC(N)C(C)CC. The zero-order valence-corrected chi connectivity index (χ0v) is 11.4. The van der Waals surface area contributed by atoms with Gasteiger partial charge in [-0.05, 0) is 31.0 Å². The van der Waals surface area contributed by atoms with Crippen molar-refractivity contribution in [3.8, 4) is 0 Å². The summed E-state index contributed by atoms with van der Waals surface area (Å²) in [5.41, 5.74) is 6.22. The molecule has 0 aromatic carbocycles. The molecule has 2 atom stereocenters. The highest BCUT2D eigenvalue weighted by Gasteiger charge is 2.15. The van der Waals surface area contributed by atoms with E-state index in [2.05, 4.69) is 25.7 Å². The van der Waals surface area contributed by atoms with Crippen LogP contribution >= 0.6 is 0 Å². The topological polar surface area (TPSA) is 42.4 Å². The minimum Gasteiger partial charge on any atom is -0.468 e. The van der Waals surface area contributed by atoms with E-state index in [-0.39, 0.29) is 6.04 Å². The Bertz CT molecular complexity index is 284. The van der Waals surface area contributed by atoms with Crippen LogP contribution in [0, 0.1) is 5.92 Å². The number of furan rings is 1.